The van der Waals surface area contributed by atoms with Gasteiger partial charge in [-0.25, -0.2) is 19.2 Å². The summed E-state index contributed by atoms with van der Waals surface area (Å²) in [6.45, 7) is 10.6. The first-order valence-corrected chi connectivity index (χ1v) is 17.1. The molecule has 0 fully saturated rings. The van der Waals surface area contributed by atoms with Gasteiger partial charge in [-0.15, -0.1) is 20.5 Å². The summed E-state index contributed by atoms with van der Waals surface area (Å²) in [6.07, 6.45) is 3.55. The third-order valence-electron chi connectivity index (χ3n) is 8.63. The topological polar surface area (TPSA) is 387 Å². The standard InChI is InChI=1S/C36H24N18O8.4Li/c1-15-26(46-48-31-24(40-3)14-43-52(31)23-10-19(34(59)60)7-20(11-23)35(61)62)28(38)53(49-15)25-4-5-41-36(44-25)54-29(39)27(16(2)50-54)45-47-30-21(12-37)13-42-51(30)22-8-17(32(55)56)6-18(9-22)33(57)58;;;;/h4-11,13-14H,38-39H2,1-2H3,(H,55,56)(H,57,58)(H,59,60)(H,61,62);;;;/q;4*+1/p-4. The van der Waals surface area contributed by atoms with E-state index in [9.17, 15) is 44.9 Å². The SMILES string of the molecule is [C-]#[N+]c1cnn(-c2cc(C(=O)[O-])cc(C(=O)[O-])c2)c1N=Nc1c(C)nn(-c2ccnc(-n3nc(C)c(N=Nc4c(C#N)cnn4-c4cc(C(=O)[O-])cc(C(=O)[O-])c4)c3N)n2)c1N.[Li+].[Li+].[Li+].[Li+]. The van der Waals surface area contributed by atoms with Gasteiger partial charge in [0, 0.05) is 12.3 Å². The number of carboxylic acids is 4. The van der Waals surface area contributed by atoms with E-state index < -0.39 is 46.1 Å². The Morgan fingerprint density at radius 3 is 1.58 bits per heavy atom. The monoisotopic (exact) mass is 860 g/mol. The predicted molar refractivity (Wildman–Crippen MR) is 198 cm³/mol. The Bertz CT molecular complexity index is 2940. The molecule has 0 spiro atoms. The number of anilines is 2. The van der Waals surface area contributed by atoms with E-state index in [1.165, 1.54) is 23.9 Å². The number of carbonyl (C=O) groups is 4. The number of hydrogen-bond acceptors (Lipinski definition) is 21. The minimum absolute atomic E-state index is 0. The Morgan fingerprint density at radius 2 is 1.11 bits per heavy atom. The van der Waals surface area contributed by atoms with E-state index in [0.29, 0.717) is 0 Å². The van der Waals surface area contributed by atoms with E-state index in [-0.39, 0.29) is 156 Å². The molecule has 66 heavy (non-hydrogen) atoms. The number of benzene rings is 2. The summed E-state index contributed by atoms with van der Waals surface area (Å²) in [7, 11) is 0. The quantitative estimate of drug-likeness (QED) is 0.0654. The van der Waals surface area contributed by atoms with E-state index >= 15 is 0 Å². The number of aromatic carboxylic acids is 4. The Hall–Kier alpha value is -7.59. The molecule has 0 saturated heterocycles. The van der Waals surface area contributed by atoms with Crippen molar-refractivity contribution in [2.75, 3.05) is 11.5 Å². The van der Waals surface area contributed by atoms with Gasteiger partial charge in [0.25, 0.3) is 11.6 Å². The van der Waals surface area contributed by atoms with E-state index in [0.717, 1.165) is 62.8 Å². The molecule has 306 valence electrons. The molecule has 26 nitrogen and oxygen atoms in total. The third-order valence-corrected chi connectivity index (χ3v) is 8.63. The van der Waals surface area contributed by atoms with Crippen molar-refractivity contribution in [3.05, 3.63) is 112 Å². The van der Waals surface area contributed by atoms with Gasteiger partial charge in [0.05, 0.1) is 65.6 Å². The van der Waals surface area contributed by atoms with Crippen molar-refractivity contribution in [2.45, 2.75) is 13.8 Å². The molecule has 30 heteroatoms. The van der Waals surface area contributed by atoms with Gasteiger partial charge in [0.1, 0.15) is 11.6 Å². The van der Waals surface area contributed by atoms with Crippen LogP contribution >= 0.6 is 0 Å². The normalized spacial score (nSPS) is 10.5. The van der Waals surface area contributed by atoms with Crippen LogP contribution in [0.4, 0.5) is 40.3 Å². The molecule has 7 aromatic rings. The molecule has 5 heterocycles. The summed E-state index contributed by atoms with van der Waals surface area (Å²) in [5, 5.41) is 89.6. The molecule has 0 radical (unpaired) electrons. The van der Waals surface area contributed by atoms with Crippen molar-refractivity contribution in [1.29, 1.82) is 5.26 Å². The van der Waals surface area contributed by atoms with Gasteiger partial charge in [-0.05, 0) is 72.5 Å². The molecule has 0 atom stereocenters. The first kappa shape index (κ1) is 52.8. The van der Waals surface area contributed by atoms with Gasteiger partial charge >= 0.3 is 75.4 Å². The molecule has 0 aliphatic heterocycles. The van der Waals surface area contributed by atoms with Crippen LogP contribution < -0.4 is 107 Å². The zero-order valence-electron chi connectivity index (χ0n) is 35.3. The average molecular weight is 860 g/mol. The van der Waals surface area contributed by atoms with Crippen LogP contribution in [-0.2, 0) is 0 Å². The molecular weight excluding hydrogens is 840 g/mol. The second-order valence-corrected chi connectivity index (χ2v) is 12.5. The zero-order chi connectivity index (χ0) is 44.6. The predicted octanol–water partition coefficient (Wildman–Crippen LogP) is -12.3. The van der Waals surface area contributed by atoms with Crippen LogP contribution in [0.1, 0.15) is 58.4 Å². The molecule has 0 unspecified atom stereocenters. The fourth-order valence-corrected chi connectivity index (χ4v) is 5.74. The summed E-state index contributed by atoms with van der Waals surface area (Å²) in [5.74, 6) is -7.38. The van der Waals surface area contributed by atoms with Crippen LogP contribution in [0.25, 0.3) is 28.0 Å². The van der Waals surface area contributed by atoms with Crippen LogP contribution in [0.15, 0.2) is 81.5 Å². The first-order chi connectivity index (χ1) is 29.6. The summed E-state index contributed by atoms with van der Waals surface area (Å²) in [4.78, 5) is 58.4. The van der Waals surface area contributed by atoms with Crippen molar-refractivity contribution in [1.82, 2.24) is 49.1 Å². The molecule has 4 N–H and O–H groups in total. The van der Waals surface area contributed by atoms with E-state index in [4.69, 9.17) is 18.0 Å². The number of nitrogen functional groups attached to an aromatic ring is 2. The maximum absolute atomic E-state index is 11.6. The number of rotatable bonds is 12. The minimum Gasteiger partial charge on any atom is -0.545 e. The van der Waals surface area contributed by atoms with Crippen molar-refractivity contribution >= 4 is 64.2 Å². The van der Waals surface area contributed by atoms with Gasteiger partial charge in [0.2, 0.25) is 0 Å². The smallest absolute Gasteiger partial charge is 0.545 e. The number of nitrogens with two attached hydrogens (primary N) is 2. The van der Waals surface area contributed by atoms with Gasteiger partial charge in [-0.1, -0.05) is 0 Å². The summed E-state index contributed by atoms with van der Waals surface area (Å²) >= 11 is 0. The van der Waals surface area contributed by atoms with Gasteiger partial charge in [-0.3, -0.25) is 0 Å². The molecule has 0 aliphatic rings. The molecule has 2 aromatic carbocycles. The number of aryl methyl sites for hydroxylation is 2. The average Bonchev–Trinajstić information content (AvgIpc) is 4.01. The Kier molecular flexibility index (Phi) is 17.1. The third kappa shape index (κ3) is 10.2. The van der Waals surface area contributed by atoms with Gasteiger partial charge in [-0.2, -0.15) is 40.0 Å². The van der Waals surface area contributed by atoms with Crippen molar-refractivity contribution in [2.24, 2.45) is 20.5 Å². The fraction of sp³-hybridized carbons (Fsp3) is 0.0556. The maximum Gasteiger partial charge on any atom is 1.00 e. The minimum atomic E-state index is -1.68. The number of nitriles is 1. The molecule has 0 bridgehead atoms. The largest absolute Gasteiger partial charge is 1.00 e. The second kappa shape index (κ2) is 21.4. The number of carbonyl (C=O) groups excluding carboxylic acids is 4. The van der Waals surface area contributed by atoms with Crippen molar-refractivity contribution < 1.29 is 115 Å². The fourth-order valence-electron chi connectivity index (χ4n) is 5.74. The van der Waals surface area contributed by atoms with Gasteiger partial charge < -0.3 is 51.1 Å². The summed E-state index contributed by atoms with van der Waals surface area (Å²) in [6, 6.07) is 9.23. The van der Waals surface area contributed by atoms with E-state index in [1.54, 1.807) is 6.92 Å². The molecule has 0 saturated carbocycles. The Morgan fingerprint density at radius 1 is 0.667 bits per heavy atom. The van der Waals surface area contributed by atoms with Crippen LogP contribution in [0, 0.1) is 31.8 Å². The first-order valence-electron chi connectivity index (χ1n) is 17.1. The van der Waals surface area contributed by atoms with Crippen LogP contribution in [0.5, 0.6) is 0 Å². The molecule has 0 amide bonds. The molecular formula is C36H20Li4N18O8. The molecule has 7 rings (SSSR count). The van der Waals surface area contributed by atoms with Crippen LogP contribution in [-0.4, -0.2) is 73.0 Å². The summed E-state index contributed by atoms with van der Waals surface area (Å²) in [5.41, 5.74) is 10.8. The van der Waals surface area contributed by atoms with Crippen LogP contribution in [0.3, 0.4) is 0 Å². The summed E-state index contributed by atoms with van der Waals surface area (Å²) < 4.78 is 4.29. The number of azo groups is 2. The Labute approximate surface area is 417 Å². The van der Waals surface area contributed by atoms with Crippen LogP contribution in [0.2, 0.25) is 0 Å². The van der Waals surface area contributed by atoms with Crippen molar-refractivity contribution in [3.63, 3.8) is 0 Å². The Balaban J connectivity index is 0.00000289. The van der Waals surface area contributed by atoms with Gasteiger partial charge in [0.15, 0.2) is 40.5 Å². The van der Waals surface area contributed by atoms with E-state index in [2.05, 4.69) is 55.7 Å². The number of hydrogen-bond donors (Lipinski definition) is 2. The van der Waals surface area contributed by atoms with E-state index in [1.807, 2.05) is 6.07 Å². The number of aromatic nitrogens is 10. The number of nitrogens with zero attached hydrogens (tertiary/aromatic N) is 16. The maximum atomic E-state index is 11.6. The second-order valence-electron chi connectivity index (χ2n) is 12.5. The zero-order valence-corrected chi connectivity index (χ0v) is 35.3. The van der Waals surface area contributed by atoms with Crippen molar-refractivity contribution in [3.8, 4) is 29.2 Å². The molecule has 5 aromatic heterocycles. The molecule has 0 aliphatic carbocycles. The number of carboxylic acid groups (broad SMARTS) is 4.